The molecule has 6 heteroatoms. The van der Waals surface area contributed by atoms with Crippen molar-refractivity contribution in [3.8, 4) is 5.75 Å². The molecule has 6 nitrogen and oxygen atoms in total. The van der Waals surface area contributed by atoms with E-state index in [0.29, 0.717) is 12.4 Å². The third kappa shape index (κ3) is 3.57. The van der Waals surface area contributed by atoms with E-state index in [1.165, 1.54) is 13.8 Å². The van der Waals surface area contributed by atoms with Crippen molar-refractivity contribution in [2.75, 3.05) is 6.61 Å². The molecule has 1 saturated heterocycles. The fourth-order valence-electron chi connectivity index (χ4n) is 2.41. The highest BCUT2D eigenvalue weighted by atomic mass is 16.7. The van der Waals surface area contributed by atoms with E-state index in [9.17, 15) is 14.7 Å². The van der Waals surface area contributed by atoms with Crippen LogP contribution in [0.3, 0.4) is 0 Å². The van der Waals surface area contributed by atoms with Crippen molar-refractivity contribution in [3.63, 3.8) is 0 Å². The molecule has 22 heavy (non-hydrogen) atoms. The van der Waals surface area contributed by atoms with Crippen LogP contribution in [0.25, 0.3) is 0 Å². The molecule has 1 heterocycles. The van der Waals surface area contributed by atoms with E-state index in [1.54, 1.807) is 24.3 Å². The molecule has 0 bridgehead atoms. The normalized spacial score (nSPS) is 20.7. The van der Waals surface area contributed by atoms with Gasteiger partial charge >= 0.3 is 11.9 Å². The first kappa shape index (κ1) is 16.3. The van der Waals surface area contributed by atoms with Crippen molar-refractivity contribution in [1.29, 1.82) is 0 Å². The molecule has 1 aliphatic rings. The SMILES string of the molecule is CC(=O)OC(C)(C(=O)O)c1ccccc1OC1CCCCO1. The predicted octanol–water partition coefficient (Wildman–Crippen LogP) is 2.45. The summed E-state index contributed by atoms with van der Waals surface area (Å²) in [6.45, 7) is 3.13. The van der Waals surface area contributed by atoms with E-state index in [4.69, 9.17) is 14.2 Å². The van der Waals surface area contributed by atoms with Gasteiger partial charge in [0.1, 0.15) is 5.75 Å². The zero-order valence-electron chi connectivity index (χ0n) is 12.7. The monoisotopic (exact) mass is 308 g/mol. The molecule has 1 aliphatic heterocycles. The van der Waals surface area contributed by atoms with Gasteiger partial charge in [0, 0.05) is 18.9 Å². The number of aliphatic carboxylic acids is 1. The van der Waals surface area contributed by atoms with Crippen molar-refractivity contribution < 1.29 is 28.9 Å². The van der Waals surface area contributed by atoms with E-state index in [1.807, 2.05) is 0 Å². The average Bonchev–Trinajstić information content (AvgIpc) is 2.48. The van der Waals surface area contributed by atoms with Crippen molar-refractivity contribution in [1.82, 2.24) is 0 Å². The van der Waals surface area contributed by atoms with Crippen LogP contribution in [0.4, 0.5) is 0 Å². The van der Waals surface area contributed by atoms with E-state index >= 15 is 0 Å². The van der Waals surface area contributed by atoms with E-state index in [0.717, 1.165) is 19.3 Å². The highest BCUT2D eigenvalue weighted by Gasteiger charge is 2.41. The van der Waals surface area contributed by atoms with Gasteiger partial charge in [-0.2, -0.15) is 0 Å². The lowest BCUT2D eigenvalue weighted by Gasteiger charge is -2.29. The third-order valence-electron chi connectivity index (χ3n) is 3.55. The molecule has 0 aromatic heterocycles. The molecule has 0 spiro atoms. The molecule has 120 valence electrons. The van der Waals surface area contributed by atoms with Gasteiger partial charge in [0.15, 0.2) is 6.29 Å². The second kappa shape index (κ2) is 6.79. The van der Waals surface area contributed by atoms with Crippen LogP contribution in [-0.2, 0) is 24.7 Å². The Balaban J connectivity index is 2.32. The van der Waals surface area contributed by atoms with Crippen LogP contribution in [-0.4, -0.2) is 29.9 Å². The zero-order chi connectivity index (χ0) is 16.2. The number of carbonyl (C=O) groups excluding carboxylic acids is 1. The number of hydrogen-bond acceptors (Lipinski definition) is 5. The second-order valence-electron chi connectivity index (χ2n) is 5.34. The van der Waals surface area contributed by atoms with Crippen LogP contribution in [0.15, 0.2) is 24.3 Å². The lowest BCUT2D eigenvalue weighted by atomic mass is 9.94. The number of hydrogen-bond donors (Lipinski definition) is 1. The first-order chi connectivity index (χ1) is 10.4. The summed E-state index contributed by atoms with van der Waals surface area (Å²) in [7, 11) is 0. The van der Waals surface area contributed by atoms with Crippen LogP contribution in [0.2, 0.25) is 0 Å². The van der Waals surface area contributed by atoms with Crippen molar-refractivity contribution in [3.05, 3.63) is 29.8 Å². The zero-order valence-corrected chi connectivity index (χ0v) is 12.7. The number of rotatable bonds is 5. The summed E-state index contributed by atoms with van der Waals surface area (Å²) in [6, 6.07) is 6.64. The maximum atomic E-state index is 11.6. The summed E-state index contributed by atoms with van der Waals surface area (Å²) in [4.78, 5) is 22.9. The van der Waals surface area contributed by atoms with Crippen LogP contribution in [0.5, 0.6) is 5.75 Å². The molecular weight excluding hydrogens is 288 g/mol. The largest absolute Gasteiger partial charge is 0.478 e. The minimum atomic E-state index is -1.81. The van der Waals surface area contributed by atoms with Gasteiger partial charge in [-0.3, -0.25) is 4.79 Å². The Morgan fingerprint density at radius 1 is 1.32 bits per heavy atom. The summed E-state index contributed by atoms with van der Waals surface area (Å²) in [5.41, 5.74) is -1.52. The summed E-state index contributed by atoms with van der Waals surface area (Å²) in [6.07, 6.45) is 2.31. The first-order valence-corrected chi connectivity index (χ1v) is 7.24. The van der Waals surface area contributed by atoms with Gasteiger partial charge in [-0.05, 0) is 25.8 Å². The maximum Gasteiger partial charge on any atom is 0.352 e. The molecule has 2 rings (SSSR count). The molecule has 0 amide bonds. The first-order valence-electron chi connectivity index (χ1n) is 7.24. The summed E-state index contributed by atoms with van der Waals surface area (Å²) in [5.74, 6) is -1.59. The number of carboxylic acid groups (broad SMARTS) is 1. The summed E-state index contributed by atoms with van der Waals surface area (Å²) >= 11 is 0. The van der Waals surface area contributed by atoms with Gasteiger partial charge in [-0.15, -0.1) is 0 Å². The number of benzene rings is 1. The lowest BCUT2D eigenvalue weighted by Crippen LogP contribution is -2.38. The van der Waals surface area contributed by atoms with Crippen LogP contribution in [0.1, 0.15) is 38.7 Å². The summed E-state index contributed by atoms with van der Waals surface area (Å²) in [5, 5.41) is 9.50. The Hall–Kier alpha value is -2.08. The minimum absolute atomic E-state index is 0.284. The number of ether oxygens (including phenoxy) is 3. The smallest absolute Gasteiger partial charge is 0.352 e. The molecule has 1 aromatic rings. The van der Waals surface area contributed by atoms with E-state index in [2.05, 4.69) is 0 Å². The molecule has 2 unspecified atom stereocenters. The van der Waals surface area contributed by atoms with Crippen LogP contribution >= 0.6 is 0 Å². The van der Waals surface area contributed by atoms with Crippen molar-refractivity contribution in [2.45, 2.75) is 45.0 Å². The Bertz CT molecular complexity index is 549. The molecule has 1 fully saturated rings. The third-order valence-corrected chi connectivity index (χ3v) is 3.55. The number of carbonyl (C=O) groups is 2. The highest BCUT2D eigenvalue weighted by molar-refractivity contribution is 5.83. The molecule has 0 radical (unpaired) electrons. The summed E-state index contributed by atoms with van der Waals surface area (Å²) < 4.78 is 16.4. The van der Waals surface area contributed by atoms with Crippen LogP contribution in [0, 0.1) is 0 Å². The Morgan fingerprint density at radius 3 is 2.64 bits per heavy atom. The Kier molecular flexibility index (Phi) is 5.03. The number of esters is 1. The van der Waals surface area contributed by atoms with E-state index in [-0.39, 0.29) is 5.56 Å². The Morgan fingerprint density at radius 2 is 2.05 bits per heavy atom. The van der Waals surface area contributed by atoms with Gasteiger partial charge in [-0.25, -0.2) is 4.79 Å². The molecule has 1 aromatic carbocycles. The van der Waals surface area contributed by atoms with Crippen molar-refractivity contribution in [2.24, 2.45) is 0 Å². The second-order valence-corrected chi connectivity index (χ2v) is 5.34. The topological polar surface area (TPSA) is 82.1 Å². The maximum absolute atomic E-state index is 11.6. The fraction of sp³-hybridized carbons (Fsp3) is 0.500. The molecular formula is C16H20O6. The predicted molar refractivity (Wildman–Crippen MR) is 77.4 cm³/mol. The van der Waals surface area contributed by atoms with E-state index < -0.39 is 23.8 Å². The molecule has 2 atom stereocenters. The molecule has 1 N–H and O–H groups in total. The van der Waals surface area contributed by atoms with Gasteiger partial charge in [0.2, 0.25) is 5.60 Å². The molecule has 0 saturated carbocycles. The average molecular weight is 308 g/mol. The van der Waals surface area contributed by atoms with Crippen molar-refractivity contribution >= 4 is 11.9 Å². The van der Waals surface area contributed by atoms with Gasteiger partial charge in [0.25, 0.3) is 0 Å². The van der Waals surface area contributed by atoms with Gasteiger partial charge in [0.05, 0.1) is 6.61 Å². The Labute approximate surface area is 129 Å². The van der Waals surface area contributed by atoms with Crippen LogP contribution < -0.4 is 4.74 Å². The number of para-hydroxylation sites is 1. The highest BCUT2D eigenvalue weighted by Crippen LogP contribution is 2.35. The number of carboxylic acids is 1. The van der Waals surface area contributed by atoms with Gasteiger partial charge in [-0.1, -0.05) is 18.2 Å². The van der Waals surface area contributed by atoms with Gasteiger partial charge < -0.3 is 19.3 Å². The lowest BCUT2D eigenvalue weighted by molar-refractivity contribution is -0.177. The quantitative estimate of drug-likeness (QED) is 0.841. The minimum Gasteiger partial charge on any atom is -0.478 e. The standard InChI is InChI=1S/C16H20O6/c1-11(17)22-16(2,15(18)19)12-7-3-4-8-13(12)21-14-9-5-6-10-20-14/h3-4,7-8,14H,5-6,9-10H2,1-2H3,(H,18,19). The fourth-order valence-corrected chi connectivity index (χ4v) is 2.41. The molecule has 0 aliphatic carbocycles.